The largest absolute Gasteiger partial charge is 0.481 e. The van der Waals surface area contributed by atoms with Crippen molar-refractivity contribution in [2.24, 2.45) is 0 Å². The van der Waals surface area contributed by atoms with Gasteiger partial charge in [0.25, 0.3) is 0 Å². The van der Waals surface area contributed by atoms with E-state index in [1.165, 1.54) is 122 Å². The number of carboxylic acid groups (broad SMARTS) is 1. The number of aliphatic carboxylic acids is 1. The summed E-state index contributed by atoms with van der Waals surface area (Å²) < 4.78 is 0. The molecule has 1 N–H and O–H groups in total. The van der Waals surface area contributed by atoms with E-state index in [9.17, 15) is 4.79 Å². The second kappa shape index (κ2) is 23.2. The van der Waals surface area contributed by atoms with Gasteiger partial charge in [0, 0.05) is 0 Å². The quantitative estimate of drug-likeness (QED) is 0.150. The van der Waals surface area contributed by atoms with Crippen LogP contribution in [-0.2, 0) is 4.79 Å². The van der Waals surface area contributed by atoms with Gasteiger partial charge < -0.3 is 5.11 Å². The molecule has 0 unspecified atom stereocenters. The molecule has 0 heterocycles. The van der Waals surface area contributed by atoms with E-state index in [0.717, 1.165) is 6.42 Å². The molecule has 2 nitrogen and oxygen atoms in total. The number of unbranched alkanes of at least 4 members (excludes halogenated alkanes) is 19. The monoisotopic (exact) mass is 380 g/mol. The summed E-state index contributed by atoms with van der Waals surface area (Å²) in [6.07, 6.45) is 31.7. The molecule has 0 amide bonds. The van der Waals surface area contributed by atoms with E-state index in [0.29, 0.717) is 0 Å². The van der Waals surface area contributed by atoms with Crippen LogP contribution in [0.3, 0.4) is 0 Å². The standard InChI is InChI=1S/C25H48O2/c1-2-3-4-5-6-7-8-9-10-11-12-13-14-15-16-17-18-19-20-21-22-23-24-25(26)27/h22-23H,2-21,24H2,1H3,(H,26,27). The number of carbonyl (C=O) groups is 1. The first kappa shape index (κ1) is 26.2. The minimum Gasteiger partial charge on any atom is -0.481 e. The maximum Gasteiger partial charge on any atom is 0.307 e. The lowest BCUT2D eigenvalue weighted by atomic mass is 10.0. The van der Waals surface area contributed by atoms with Gasteiger partial charge >= 0.3 is 5.97 Å². The van der Waals surface area contributed by atoms with Crippen LogP contribution in [0.15, 0.2) is 12.2 Å². The molecule has 0 rings (SSSR count). The van der Waals surface area contributed by atoms with Crippen LogP contribution in [0.5, 0.6) is 0 Å². The average Bonchev–Trinajstić information content (AvgIpc) is 2.65. The Morgan fingerprint density at radius 3 is 1.22 bits per heavy atom. The fourth-order valence-electron chi connectivity index (χ4n) is 3.64. The highest BCUT2D eigenvalue weighted by Gasteiger charge is 1.95. The highest BCUT2D eigenvalue weighted by atomic mass is 16.4. The van der Waals surface area contributed by atoms with Crippen molar-refractivity contribution in [1.82, 2.24) is 0 Å². The molecule has 0 aromatic rings. The molecule has 0 saturated heterocycles. The fourth-order valence-corrected chi connectivity index (χ4v) is 3.64. The third-order valence-corrected chi connectivity index (χ3v) is 5.43. The third kappa shape index (κ3) is 25.2. The van der Waals surface area contributed by atoms with Crippen LogP contribution in [0.25, 0.3) is 0 Å². The molecule has 0 aromatic carbocycles. The minimum absolute atomic E-state index is 0.166. The summed E-state index contributed by atoms with van der Waals surface area (Å²) in [5, 5.41) is 8.53. The maximum absolute atomic E-state index is 10.4. The Bertz CT molecular complexity index is 322. The molecule has 0 bridgehead atoms. The zero-order chi connectivity index (χ0) is 19.8. The average molecular weight is 381 g/mol. The zero-order valence-electron chi connectivity index (χ0n) is 18.4. The Balaban J connectivity index is 3.03. The van der Waals surface area contributed by atoms with E-state index in [4.69, 9.17) is 5.11 Å². The first-order valence-electron chi connectivity index (χ1n) is 12.1. The molecule has 27 heavy (non-hydrogen) atoms. The number of rotatable bonds is 22. The Morgan fingerprint density at radius 2 is 0.889 bits per heavy atom. The van der Waals surface area contributed by atoms with Gasteiger partial charge in [-0.15, -0.1) is 0 Å². The van der Waals surface area contributed by atoms with Crippen LogP contribution in [0.1, 0.15) is 142 Å². The molecule has 0 aliphatic rings. The van der Waals surface area contributed by atoms with Gasteiger partial charge in [0.2, 0.25) is 0 Å². The number of carboxylic acids is 1. The smallest absolute Gasteiger partial charge is 0.307 e. The van der Waals surface area contributed by atoms with E-state index in [2.05, 4.69) is 6.92 Å². The van der Waals surface area contributed by atoms with E-state index in [-0.39, 0.29) is 6.42 Å². The number of allylic oxidation sites excluding steroid dienone is 1. The van der Waals surface area contributed by atoms with Gasteiger partial charge in [-0.25, -0.2) is 0 Å². The molecule has 0 saturated carbocycles. The normalized spacial score (nSPS) is 11.4. The molecule has 0 atom stereocenters. The Morgan fingerprint density at radius 1 is 0.556 bits per heavy atom. The number of hydrogen-bond donors (Lipinski definition) is 1. The third-order valence-electron chi connectivity index (χ3n) is 5.43. The van der Waals surface area contributed by atoms with Crippen LogP contribution < -0.4 is 0 Å². The van der Waals surface area contributed by atoms with Crippen molar-refractivity contribution in [3.8, 4) is 0 Å². The lowest BCUT2D eigenvalue weighted by Gasteiger charge is -2.03. The summed E-state index contributed by atoms with van der Waals surface area (Å²) in [6, 6.07) is 0. The van der Waals surface area contributed by atoms with E-state index in [1.807, 2.05) is 6.08 Å². The molecule has 0 radical (unpaired) electrons. The lowest BCUT2D eigenvalue weighted by molar-refractivity contribution is -0.136. The summed E-state index contributed by atoms with van der Waals surface area (Å²) in [6.45, 7) is 2.29. The van der Waals surface area contributed by atoms with Crippen LogP contribution in [0.4, 0.5) is 0 Å². The highest BCUT2D eigenvalue weighted by Crippen LogP contribution is 2.14. The molecule has 0 spiro atoms. The Hall–Kier alpha value is -0.790. The summed E-state index contributed by atoms with van der Waals surface area (Å²) in [5.74, 6) is -0.737. The summed E-state index contributed by atoms with van der Waals surface area (Å²) in [5.41, 5.74) is 0. The second-order valence-electron chi connectivity index (χ2n) is 8.22. The van der Waals surface area contributed by atoms with Crippen molar-refractivity contribution in [2.45, 2.75) is 142 Å². The van der Waals surface area contributed by atoms with Crippen molar-refractivity contribution in [3.05, 3.63) is 12.2 Å². The van der Waals surface area contributed by atoms with Crippen LogP contribution in [0.2, 0.25) is 0 Å². The van der Waals surface area contributed by atoms with Gasteiger partial charge in [-0.3, -0.25) is 4.79 Å². The van der Waals surface area contributed by atoms with Gasteiger partial charge in [-0.1, -0.05) is 135 Å². The summed E-state index contributed by atoms with van der Waals surface area (Å²) >= 11 is 0. The molecule has 2 heteroatoms. The van der Waals surface area contributed by atoms with Gasteiger partial charge in [0.1, 0.15) is 0 Å². The van der Waals surface area contributed by atoms with Crippen LogP contribution in [0, 0.1) is 0 Å². The van der Waals surface area contributed by atoms with Crippen molar-refractivity contribution in [2.75, 3.05) is 0 Å². The van der Waals surface area contributed by atoms with Crippen molar-refractivity contribution in [3.63, 3.8) is 0 Å². The SMILES string of the molecule is CCCCCCCCCCCCCCCCCCCCCC=CCC(=O)O. The van der Waals surface area contributed by atoms with Crippen molar-refractivity contribution >= 4 is 5.97 Å². The van der Waals surface area contributed by atoms with Gasteiger partial charge in [0.05, 0.1) is 6.42 Å². The minimum atomic E-state index is -0.737. The zero-order valence-corrected chi connectivity index (χ0v) is 18.4. The predicted octanol–water partition coefficient (Wildman–Crippen LogP) is 8.84. The van der Waals surface area contributed by atoms with E-state index >= 15 is 0 Å². The number of hydrogen-bond acceptors (Lipinski definition) is 1. The van der Waals surface area contributed by atoms with E-state index in [1.54, 1.807) is 6.08 Å². The van der Waals surface area contributed by atoms with Gasteiger partial charge in [0.15, 0.2) is 0 Å². The first-order chi connectivity index (χ1) is 13.3. The Kier molecular flexibility index (Phi) is 22.6. The van der Waals surface area contributed by atoms with Crippen molar-refractivity contribution in [1.29, 1.82) is 0 Å². The topological polar surface area (TPSA) is 37.3 Å². The molecular formula is C25H48O2. The fraction of sp³-hybridized carbons (Fsp3) is 0.880. The van der Waals surface area contributed by atoms with E-state index < -0.39 is 5.97 Å². The molecule has 0 aromatic heterocycles. The van der Waals surface area contributed by atoms with Crippen molar-refractivity contribution < 1.29 is 9.90 Å². The first-order valence-corrected chi connectivity index (χ1v) is 12.1. The second-order valence-corrected chi connectivity index (χ2v) is 8.22. The lowest BCUT2D eigenvalue weighted by Crippen LogP contribution is -1.89. The predicted molar refractivity (Wildman–Crippen MR) is 119 cm³/mol. The summed E-state index contributed by atoms with van der Waals surface area (Å²) in [7, 11) is 0. The van der Waals surface area contributed by atoms with Crippen LogP contribution in [-0.4, -0.2) is 11.1 Å². The molecular weight excluding hydrogens is 332 g/mol. The highest BCUT2D eigenvalue weighted by molar-refractivity contribution is 5.68. The van der Waals surface area contributed by atoms with Gasteiger partial charge in [-0.05, 0) is 12.8 Å². The molecule has 160 valence electrons. The molecule has 0 aliphatic carbocycles. The molecule has 0 aliphatic heterocycles. The van der Waals surface area contributed by atoms with Crippen LogP contribution >= 0.6 is 0 Å². The van der Waals surface area contributed by atoms with Gasteiger partial charge in [-0.2, -0.15) is 0 Å². The molecule has 0 fully saturated rings. The summed E-state index contributed by atoms with van der Waals surface area (Å²) in [4.78, 5) is 10.4. The Labute approximate surface area is 170 Å². The maximum atomic E-state index is 10.4.